The van der Waals surface area contributed by atoms with E-state index in [2.05, 4.69) is 33.9 Å². The quantitative estimate of drug-likeness (QED) is 0.603. The Morgan fingerprint density at radius 2 is 1.93 bits per heavy atom. The molecule has 0 saturated carbocycles. The summed E-state index contributed by atoms with van der Waals surface area (Å²) >= 11 is 0. The van der Waals surface area contributed by atoms with E-state index < -0.39 is 14.5 Å². The lowest BCUT2D eigenvalue weighted by Crippen LogP contribution is -2.57. The summed E-state index contributed by atoms with van der Waals surface area (Å²) < 4.78 is 6.82. The van der Waals surface area contributed by atoms with Crippen molar-refractivity contribution in [3.8, 4) is 5.75 Å². The Labute approximate surface area is 174 Å². The van der Waals surface area contributed by atoms with Gasteiger partial charge in [-0.3, -0.25) is 4.79 Å². The first-order valence-corrected chi connectivity index (χ1v) is 13.0. The Morgan fingerprint density at radius 1 is 1.28 bits per heavy atom. The van der Waals surface area contributed by atoms with E-state index in [0.29, 0.717) is 23.2 Å². The van der Waals surface area contributed by atoms with E-state index in [-0.39, 0.29) is 30.2 Å². The number of rotatable bonds is 4. The minimum absolute atomic E-state index is 0.0275. The van der Waals surface area contributed by atoms with Crippen LogP contribution in [0.5, 0.6) is 5.75 Å². The predicted molar refractivity (Wildman–Crippen MR) is 120 cm³/mol. The van der Waals surface area contributed by atoms with Gasteiger partial charge in [0.25, 0.3) is 5.91 Å². The number of amides is 1. The molecule has 2 atom stereocenters. The first-order valence-electron chi connectivity index (χ1n) is 10.1. The van der Waals surface area contributed by atoms with Gasteiger partial charge in [-0.2, -0.15) is 0 Å². The van der Waals surface area contributed by atoms with Crippen LogP contribution in [0.3, 0.4) is 0 Å². The highest BCUT2D eigenvalue weighted by Gasteiger charge is 2.48. The molecule has 0 aromatic heterocycles. The van der Waals surface area contributed by atoms with Crippen LogP contribution in [-0.2, 0) is 9.22 Å². The molecule has 1 aromatic rings. The fourth-order valence-corrected chi connectivity index (χ4v) is 4.98. The van der Waals surface area contributed by atoms with Gasteiger partial charge < -0.3 is 24.0 Å². The maximum absolute atomic E-state index is 13.4. The molecular weight excluding hydrogens is 383 g/mol. The Balaban J connectivity index is 2.20. The smallest absolute Gasteiger partial charge is 0.312 e. The lowest BCUT2D eigenvalue weighted by molar-refractivity contribution is 0.0638. The van der Waals surface area contributed by atoms with E-state index in [1.165, 1.54) is 0 Å². The molecule has 1 N–H and O–H groups in total. The second-order valence-electron chi connectivity index (χ2n) is 9.70. The van der Waals surface area contributed by atoms with Gasteiger partial charge in [-0.1, -0.05) is 26.3 Å². The summed E-state index contributed by atoms with van der Waals surface area (Å²) in [6.45, 7) is 14.6. The van der Waals surface area contributed by atoms with Gasteiger partial charge in [-0.15, -0.1) is 0 Å². The molecule has 3 rings (SSSR count). The molecule has 1 aromatic carbocycles. The summed E-state index contributed by atoms with van der Waals surface area (Å²) in [5, 5.41) is 10.3. The molecular formula is C21H31BN2O4Si. The third kappa shape index (κ3) is 3.75. The lowest BCUT2D eigenvalue weighted by Gasteiger charge is -2.45. The van der Waals surface area contributed by atoms with Crippen molar-refractivity contribution in [3.05, 3.63) is 35.0 Å². The van der Waals surface area contributed by atoms with Crippen molar-refractivity contribution < 1.29 is 19.1 Å². The monoisotopic (exact) mass is 414 g/mol. The van der Waals surface area contributed by atoms with E-state index in [1.54, 1.807) is 24.0 Å². The molecule has 29 heavy (non-hydrogen) atoms. The largest absolute Gasteiger partial charge is 0.508 e. The maximum atomic E-state index is 13.4. The Kier molecular flexibility index (Phi) is 5.47. The predicted octanol–water partition coefficient (Wildman–Crippen LogP) is 3.53. The second kappa shape index (κ2) is 7.32. The molecule has 8 heteroatoms. The van der Waals surface area contributed by atoms with Gasteiger partial charge in [-0.05, 0) is 50.0 Å². The molecule has 0 saturated heterocycles. The number of nitrogens with zero attached hydrogens (tertiary/aromatic N) is 2. The molecule has 1 amide bonds. The van der Waals surface area contributed by atoms with Gasteiger partial charge in [0, 0.05) is 18.0 Å². The molecule has 0 unspecified atom stereocenters. The number of carbonyl (C=O) groups is 2. The average molecular weight is 414 g/mol. The van der Waals surface area contributed by atoms with Crippen molar-refractivity contribution in [1.82, 2.24) is 4.90 Å². The molecule has 2 aliphatic rings. The molecule has 2 aliphatic heterocycles. The van der Waals surface area contributed by atoms with Gasteiger partial charge in [0.2, 0.25) is 0 Å². The van der Waals surface area contributed by atoms with Crippen LogP contribution >= 0.6 is 0 Å². The number of hydrogen-bond donors (Lipinski definition) is 1. The van der Waals surface area contributed by atoms with Crippen molar-refractivity contribution >= 4 is 33.5 Å². The molecule has 0 radical (unpaired) electrons. The molecule has 2 heterocycles. The summed E-state index contributed by atoms with van der Waals surface area (Å²) in [5.74, 6) is -0.0190. The van der Waals surface area contributed by atoms with E-state index in [1.807, 2.05) is 17.9 Å². The third-order valence-electron chi connectivity index (χ3n) is 6.47. The Hall–Kier alpha value is -2.06. The Morgan fingerprint density at radius 3 is 2.52 bits per heavy atom. The van der Waals surface area contributed by atoms with Gasteiger partial charge in [0.1, 0.15) is 18.2 Å². The number of carbonyl (C=O) groups excluding carboxylic acids is 2. The minimum atomic E-state index is -2.22. The number of phenols is 1. The SMILES string of the molecule is CC1=CN2C(=O)c3cc(C)c(O)cc3N(BC=O)[C@@H](O[Si](C)(C)C(C)(C)C)[C@@H]2C1. The number of aromatic hydroxyl groups is 1. The normalized spacial score (nSPS) is 22.0. The van der Waals surface area contributed by atoms with Crippen molar-refractivity contribution in [1.29, 1.82) is 0 Å². The minimum Gasteiger partial charge on any atom is -0.508 e. The summed E-state index contributed by atoms with van der Waals surface area (Å²) in [7, 11) is -2.13. The standard InChI is InChI=1S/C21H31BN2O4Si/c1-13-8-17-20(28-29(6,7)21(3,4)5)24(22-12-25)16-10-18(26)14(2)9-15(16)19(27)23(17)11-13/h9-12,17,20,22,26H,8H2,1-7H3/t17-,20-/m0/s1. The molecule has 156 valence electrons. The summed E-state index contributed by atoms with van der Waals surface area (Å²) in [4.78, 5) is 28.7. The van der Waals surface area contributed by atoms with Crippen molar-refractivity contribution in [3.63, 3.8) is 0 Å². The number of benzene rings is 1. The van der Waals surface area contributed by atoms with Crippen LogP contribution in [0.2, 0.25) is 18.1 Å². The summed E-state index contributed by atoms with van der Waals surface area (Å²) in [6, 6.07) is 3.08. The lowest BCUT2D eigenvalue weighted by atomic mass is 9.90. The third-order valence-corrected chi connectivity index (χ3v) is 10.9. The van der Waals surface area contributed by atoms with Crippen LogP contribution in [-0.4, -0.2) is 50.1 Å². The fourth-order valence-electron chi connectivity index (χ4n) is 3.74. The topological polar surface area (TPSA) is 70.1 Å². The summed E-state index contributed by atoms with van der Waals surface area (Å²) in [6.07, 6.45) is 2.95. The molecule has 6 nitrogen and oxygen atoms in total. The first-order chi connectivity index (χ1) is 13.4. The molecule has 0 fully saturated rings. The number of hydrogen-bond acceptors (Lipinski definition) is 5. The van der Waals surface area contributed by atoms with Gasteiger partial charge in [0.15, 0.2) is 8.32 Å². The van der Waals surface area contributed by atoms with Crippen LogP contribution in [0.15, 0.2) is 23.9 Å². The number of fused-ring (bicyclic) bond motifs is 2. The number of aryl methyl sites for hydroxylation is 1. The molecule has 0 bridgehead atoms. The highest BCUT2D eigenvalue weighted by Crippen LogP contribution is 2.43. The van der Waals surface area contributed by atoms with Crippen molar-refractivity contribution in [2.45, 2.75) is 71.4 Å². The highest BCUT2D eigenvalue weighted by molar-refractivity contribution is 6.74. The number of anilines is 1. The maximum Gasteiger partial charge on any atom is 0.312 e. The van der Waals surface area contributed by atoms with E-state index in [9.17, 15) is 14.7 Å². The van der Waals surface area contributed by atoms with Gasteiger partial charge in [0.05, 0.1) is 11.6 Å². The zero-order valence-electron chi connectivity index (χ0n) is 18.4. The second-order valence-corrected chi connectivity index (χ2v) is 14.5. The first kappa shape index (κ1) is 21.6. The van der Waals surface area contributed by atoms with Crippen LogP contribution in [0.1, 0.15) is 50.0 Å². The van der Waals surface area contributed by atoms with Gasteiger partial charge in [-0.25, -0.2) is 0 Å². The van der Waals surface area contributed by atoms with E-state index >= 15 is 0 Å². The van der Waals surface area contributed by atoms with Crippen LogP contribution in [0.25, 0.3) is 0 Å². The zero-order chi connectivity index (χ0) is 21.7. The number of phenolic OH excluding ortho intramolecular Hbond substituents is 1. The molecule has 0 spiro atoms. The molecule has 0 aliphatic carbocycles. The van der Waals surface area contributed by atoms with Crippen molar-refractivity contribution in [2.75, 3.05) is 4.81 Å². The average Bonchev–Trinajstić information content (AvgIpc) is 2.97. The van der Waals surface area contributed by atoms with E-state index in [0.717, 1.165) is 11.8 Å². The van der Waals surface area contributed by atoms with Crippen molar-refractivity contribution in [2.24, 2.45) is 0 Å². The zero-order valence-corrected chi connectivity index (χ0v) is 19.4. The van der Waals surface area contributed by atoms with Crippen LogP contribution in [0.4, 0.5) is 5.69 Å². The summed E-state index contributed by atoms with van der Waals surface area (Å²) in [5.41, 5.74) is 2.77. The van der Waals surface area contributed by atoms with Crippen LogP contribution in [0, 0.1) is 6.92 Å². The highest BCUT2D eigenvalue weighted by atomic mass is 28.4. The van der Waals surface area contributed by atoms with E-state index in [4.69, 9.17) is 4.43 Å². The fraction of sp³-hybridized carbons (Fsp3) is 0.524. The van der Waals surface area contributed by atoms with Crippen LogP contribution < -0.4 is 4.81 Å². The van der Waals surface area contributed by atoms with Gasteiger partial charge >= 0.3 is 7.41 Å². The Bertz CT molecular complexity index is 878.